The van der Waals surface area contributed by atoms with E-state index in [1.165, 1.54) is 0 Å². The molecule has 15 N–H and O–H groups in total. The zero-order valence-corrected chi connectivity index (χ0v) is 27.7. The summed E-state index contributed by atoms with van der Waals surface area (Å²) in [4.78, 5) is 37.7. The van der Waals surface area contributed by atoms with Crippen LogP contribution in [0.4, 0.5) is 0 Å². The second-order valence-electron chi connectivity index (χ2n) is 12.9. The summed E-state index contributed by atoms with van der Waals surface area (Å²) in [6.07, 6.45) is -17.9. The monoisotopic (exact) mass is 749 g/mol. The van der Waals surface area contributed by atoms with E-state index in [-0.39, 0.29) is 0 Å². The molecule has 0 aromatic heterocycles. The van der Waals surface area contributed by atoms with Gasteiger partial charge in [-0.15, -0.1) is 0 Å². The minimum atomic E-state index is -4.61. The fourth-order valence-electron chi connectivity index (χ4n) is 5.95. The van der Waals surface area contributed by atoms with Crippen LogP contribution in [0.2, 0.25) is 0 Å². The van der Waals surface area contributed by atoms with Gasteiger partial charge in [-0.3, -0.25) is 28.0 Å². The van der Waals surface area contributed by atoms with Gasteiger partial charge in [-0.05, 0) is 0 Å². The number of phosphoric ester groups is 1. The first kappa shape index (κ1) is 42.5. The van der Waals surface area contributed by atoms with Gasteiger partial charge in [0.05, 0.1) is 56.4 Å². The summed E-state index contributed by atoms with van der Waals surface area (Å²) >= 11 is 0. The molecule has 0 aliphatic heterocycles. The maximum atomic E-state index is 13.4. The van der Waals surface area contributed by atoms with Gasteiger partial charge in [0.1, 0.15) is 35.1 Å². The Labute approximate surface area is 285 Å². The van der Waals surface area contributed by atoms with Crippen molar-refractivity contribution in [3.63, 3.8) is 0 Å². The highest BCUT2D eigenvalue weighted by molar-refractivity contribution is 7.48. The summed E-state index contributed by atoms with van der Waals surface area (Å²) in [5.41, 5.74) is -6.78. The molecule has 3 aliphatic rings. The molecular weight excluding hydrogens is 701 g/mol. The van der Waals surface area contributed by atoms with Gasteiger partial charge in [-0.25, -0.2) is 4.57 Å². The highest BCUT2D eigenvalue weighted by Gasteiger charge is 2.50. The summed E-state index contributed by atoms with van der Waals surface area (Å²) in [5.74, 6) is -3.17. The average molecular weight is 750 g/mol. The van der Waals surface area contributed by atoms with Crippen molar-refractivity contribution in [2.24, 2.45) is 0 Å². The Morgan fingerprint density at radius 2 is 0.680 bits per heavy atom. The molecule has 0 radical (unpaired) electrons. The normalized spacial score (nSPS) is 40.4. The van der Waals surface area contributed by atoms with E-state index in [2.05, 4.69) is 16.0 Å². The lowest BCUT2D eigenvalue weighted by Gasteiger charge is -2.39. The molecular formula is C27H48N3O19P. The van der Waals surface area contributed by atoms with Crippen molar-refractivity contribution in [2.45, 2.75) is 110 Å². The van der Waals surface area contributed by atoms with Crippen molar-refractivity contribution in [2.75, 3.05) is 39.5 Å². The molecule has 3 fully saturated rings. The van der Waals surface area contributed by atoms with Gasteiger partial charge >= 0.3 is 7.82 Å². The van der Waals surface area contributed by atoms with E-state index in [0.717, 1.165) is 0 Å². The van der Waals surface area contributed by atoms with Gasteiger partial charge < -0.3 is 77.2 Å². The molecule has 3 rings (SSSR count). The van der Waals surface area contributed by atoms with Crippen LogP contribution in [-0.4, -0.2) is 190 Å². The summed E-state index contributed by atoms with van der Waals surface area (Å²) in [6.45, 7) is -3.10. The quantitative estimate of drug-likeness (QED) is 0.0546. The first-order valence-electron chi connectivity index (χ1n) is 15.8. The number of nitrogens with one attached hydrogen (secondary N) is 3. The predicted molar refractivity (Wildman–Crippen MR) is 161 cm³/mol. The van der Waals surface area contributed by atoms with Crippen molar-refractivity contribution in [3.05, 3.63) is 0 Å². The molecule has 0 spiro atoms. The number of carbonyl (C=O) groups is 3. The summed E-state index contributed by atoms with van der Waals surface area (Å²) < 4.78 is 28.9. The van der Waals surface area contributed by atoms with Gasteiger partial charge in [0.2, 0.25) is 0 Å². The van der Waals surface area contributed by atoms with Crippen LogP contribution in [-0.2, 0) is 32.5 Å². The van der Waals surface area contributed by atoms with E-state index in [1.54, 1.807) is 0 Å². The maximum Gasteiger partial charge on any atom is 0.474 e. The molecule has 0 bridgehead atoms. The summed E-state index contributed by atoms with van der Waals surface area (Å²) in [7, 11) is -4.61. The Morgan fingerprint density at radius 1 is 0.480 bits per heavy atom. The van der Waals surface area contributed by atoms with Crippen molar-refractivity contribution >= 4 is 25.5 Å². The molecule has 22 nitrogen and oxygen atoms in total. The van der Waals surface area contributed by atoms with Crippen LogP contribution in [0.15, 0.2) is 0 Å². The number of aliphatic hydroxyl groups is 12. The largest absolute Gasteiger partial charge is 0.474 e. The minimum absolute atomic E-state index is 0.437. The molecule has 3 aliphatic carbocycles. The van der Waals surface area contributed by atoms with Gasteiger partial charge in [-0.2, -0.15) is 0 Å². The third-order valence-corrected chi connectivity index (χ3v) is 10.3. The van der Waals surface area contributed by atoms with Crippen LogP contribution in [0.25, 0.3) is 0 Å². The maximum absolute atomic E-state index is 13.4. The zero-order chi connectivity index (χ0) is 37.7. The molecule has 0 saturated heterocycles. The average Bonchev–Trinajstić information content (AvgIpc) is 3.03. The second-order valence-corrected chi connectivity index (χ2v) is 14.6. The first-order chi connectivity index (χ1) is 23.2. The van der Waals surface area contributed by atoms with Gasteiger partial charge in [0, 0.05) is 58.2 Å². The summed E-state index contributed by atoms with van der Waals surface area (Å²) in [5, 5.41) is 127. The van der Waals surface area contributed by atoms with E-state index >= 15 is 0 Å². The smallest absolute Gasteiger partial charge is 0.390 e. The molecule has 23 heteroatoms. The lowest BCUT2D eigenvalue weighted by atomic mass is 9.79. The van der Waals surface area contributed by atoms with E-state index < -0.39 is 175 Å². The highest BCUT2D eigenvalue weighted by atomic mass is 31.2. The number of phosphoric acid groups is 1. The number of hydrogen-bond acceptors (Lipinski definition) is 19. The van der Waals surface area contributed by atoms with Gasteiger partial charge in [-0.1, -0.05) is 0 Å². The molecule has 0 aromatic rings. The van der Waals surface area contributed by atoms with Crippen LogP contribution in [0.1, 0.15) is 38.5 Å². The number of amides is 3. The molecule has 50 heavy (non-hydrogen) atoms. The summed E-state index contributed by atoms with van der Waals surface area (Å²) in [6, 6.07) is 0. The van der Waals surface area contributed by atoms with Gasteiger partial charge in [0.15, 0.2) is 0 Å². The van der Waals surface area contributed by atoms with Crippen LogP contribution < -0.4 is 16.0 Å². The van der Waals surface area contributed by atoms with Crippen molar-refractivity contribution in [3.8, 4) is 0 Å². The van der Waals surface area contributed by atoms with Crippen LogP contribution in [0.3, 0.4) is 0 Å². The van der Waals surface area contributed by atoms with Crippen molar-refractivity contribution in [1.29, 1.82) is 0 Å². The first-order valence-corrected chi connectivity index (χ1v) is 17.3. The topological polar surface area (TPSA) is 375 Å². The molecule has 0 aromatic carbocycles. The van der Waals surface area contributed by atoms with Crippen LogP contribution in [0.5, 0.6) is 0 Å². The lowest BCUT2D eigenvalue weighted by molar-refractivity contribution is -0.173. The predicted octanol–water partition coefficient (Wildman–Crippen LogP) is -7.68. The Bertz CT molecular complexity index is 1050. The number of aliphatic hydroxyl groups excluding tert-OH is 9. The molecule has 290 valence electrons. The third kappa shape index (κ3) is 10.6. The fourth-order valence-corrected chi connectivity index (χ4v) is 7.12. The minimum Gasteiger partial charge on any atom is -0.390 e. The number of hydrogen-bond donors (Lipinski definition) is 15. The van der Waals surface area contributed by atoms with E-state index in [9.17, 15) is 80.2 Å². The van der Waals surface area contributed by atoms with Crippen molar-refractivity contribution in [1.82, 2.24) is 16.0 Å². The van der Waals surface area contributed by atoms with E-state index in [0.29, 0.717) is 0 Å². The zero-order valence-electron chi connectivity index (χ0n) is 26.9. The SMILES string of the molecule is O=C(NCCOP(=O)(OCCNC(=O)C1(O)C[C@@H](O)C(O)[C@H](O)C1)OCCNC(=O)C1(O)C[C@@H](O)C(O)[C@H](O)C1)C1(O)C[C@@H](O)C(O)[C@H](O)C1. The Kier molecular flexibility index (Phi) is 14.6. The van der Waals surface area contributed by atoms with E-state index in [4.69, 9.17) is 13.6 Å². The standard InChI is InChI=1S/C27H48N3O19P/c31-13-7-25(43,8-14(32)19(13)37)22(40)28-1-4-47-50(46,48-5-2-29-23(41)26(44)9-15(33)20(38)16(34)10-26)49-6-3-30-24(42)27(45)11-17(35)21(39)18(36)12-27/h13-21,31-39,43-45H,1-12H2,(H,28,40)(H,29,41)(H,30,42)/t13-,14-,15-,16-,17-,18-,19?,20?,21?,25?,26?,27?,50?/m1/s1. The second kappa shape index (κ2) is 17.2. The van der Waals surface area contributed by atoms with Gasteiger partial charge in [0.25, 0.3) is 17.7 Å². The molecule has 3 saturated carbocycles. The Hall–Kier alpha value is -1.96. The third-order valence-electron chi connectivity index (χ3n) is 8.83. The molecule has 0 unspecified atom stereocenters. The molecule has 0 heterocycles. The lowest BCUT2D eigenvalue weighted by Crippen LogP contribution is -2.59. The highest BCUT2D eigenvalue weighted by Crippen LogP contribution is 2.49. The number of carbonyl (C=O) groups excluding carboxylic acids is 3. The van der Waals surface area contributed by atoms with Crippen LogP contribution in [0, 0.1) is 0 Å². The van der Waals surface area contributed by atoms with Crippen molar-refractivity contribution < 1.29 is 93.8 Å². The Morgan fingerprint density at radius 3 is 0.880 bits per heavy atom. The van der Waals surface area contributed by atoms with Crippen LogP contribution >= 0.6 is 7.82 Å². The molecule has 6 atom stereocenters. The number of rotatable bonds is 15. The van der Waals surface area contributed by atoms with E-state index in [1.807, 2.05) is 0 Å². The fraction of sp³-hybridized carbons (Fsp3) is 0.889. The molecule has 3 amide bonds. The Balaban J connectivity index is 1.55.